The van der Waals surface area contributed by atoms with Crippen molar-refractivity contribution in [3.05, 3.63) is 59.0 Å². The Hall–Kier alpha value is -2.56. The molecule has 86 valence electrons. The van der Waals surface area contributed by atoms with Gasteiger partial charge in [0.05, 0.1) is 0 Å². The molecule has 2 aromatic rings. The lowest BCUT2D eigenvalue weighted by Crippen LogP contribution is -2.23. The van der Waals surface area contributed by atoms with Gasteiger partial charge >= 0.3 is 6.03 Å². The molecule has 0 saturated carbocycles. The number of hydrogen-bond acceptors (Lipinski definition) is 2. The summed E-state index contributed by atoms with van der Waals surface area (Å²) in [7, 11) is 0. The highest BCUT2D eigenvalue weighted by Crippen LogP contribution is 2.05. The molecular formula is C12H11N3O2. The van der Waals surface area contributed by atoms with Gasteiger partial charge in [-0.25, -0.2) is 4.79 Å². The maximum Gasteiger partial charge on any atom is 0.323 e. The molecule has 0 saturated heterocycles. The Morgan fingerprint density at radius 1 is 1.00 bits per heavy atom. The molecule has 2 amide bonds. The predicted molar refractivity (Wildman–Crippen MR) is 66.1 cm³/mol. The van der Waals surface area contributed by atoms with E-state index in [1.165, 1.54) is 12.3 Å². The highest BCUT2D eigenvalue weighted by molar-refractivity contribution is 5.99. The number of aromatic amines is 1. The fourth-order valence-corrected chi connectivity index (χ4v) is 1.33. The zero-order valence-electron chi connectivity index (χ0n) is 8.94. The van der Waals surface area contributed by atoms with Gasteiger partial charge in [0.1, 0.15) is 5.69 Å². The van der Waals surface area contributed by atoms with Crippen molar-refractivity contribution in [2.75, 3.05) is 10.6 Å². The van der Waals surface area contributed by atoms with Gasteiger partial charge in [-0.1, -0.05) is 18.2 Å². The summed E-state index contributed by atoms with van der Waals surface area (Å²) in [6, 6.07) is 11.7. The summed E-state index contributed by atoms with van der Waals surface area (Å²) >= 11 is 0. The number of rotatable bonds is 2. The molecule has 0 atom stereocenters. The molecule has 0 aliphatic heterocycles. The Bertz CT molecular complexity index is 563. The molecular weight excluding hydrogens is 218 g/mol. The van der Waals surface area contributed by atoms with Gasteiger partial charge in [0.15, 0.2) is 0 Å². The van der Waals surface area contributed by atoms with Crippen LogP contribution in [0.1, 0.15) is 0 Å². The molecule has 3 N–H and O–H groups in total. The second kappa shape index (κ2) is 4.98. The van der Waals surface area contributed by atoms with Crippen LogP contribution in [0.25, 0.3) is 0 Å². The number of amides is 2. The number of nitrogens with one attached hydrogen (secondary N) is 3. The van der Waals surface area contributed by atoms with Crippen LogP contribution in [0, 0.1) is 0 Å². The van der Waals surface area contributed by atoms with Gasteiger partial charge in [-0.2, -0.15) is 0 Å². The lowest BCUT2D eigenvalue weighted by atomic mass is 10.3. The van der Waals surface area contributed by atoms with Gasteiger partial charge in [-0.3, -0.25) is 4.79 Å². The van der Waals surface area contributed by atoms with Crippen LogP contribution in [0.5, 0.6) is 0 Å². The largest absolute Gasteiger partial charge is 0.327 e. The second-order valence-corrected chi connectivity index (χ2v) is 3.36. The number of hydrogen-bond donors (Lipinski definition) is 3. The van der Waals surface area contributed by atoms with Gasteiger partial charge in [0, 0.05) is 11.9 Å². The average molecular weight is 229 g/mol. The van der Waals surface area contributed by atoms with E-state index < -0.39 is 6.03 Å². The fourth-order valence-electron chi connectivity index (χ4n) is 1.33. The van der Waals surface area contributed by atoms with Crippen molar-refractivity contribution in [3.8, 4) is 0 Å². The van der Waals surface area contributed by atoms with Crippen LogP contribution in [-0.4, -0.2) is 11.0 Å². The van der Waals surface area contributed by atoms with E-state index in [2.05, 4.69) is 15.6 Å². The fraction of sp³-hybridized carbons (Fsp3) is 0. The third-order valence-electron chi connectivity index (χ3n) is 2.10. The molecule has 1 heterocycles. The maximum absolute atomic E-state index is 11.6. The Morgan fingerprint density at radius 3 is 2.47 bits per heavy atom. The summed E-state index contributed by atoms with van der Waals surface area (Å²) in [5.74, 6) is 0. The molecule has 0 aliphatic carbocycles. The van der Waals surface area contributed by atoms with Crippen LogP contribution < -0.4 is 16.2 Å². The lowest BCUT2D eigenvalue weighted by molar-refractivity contribution is 0.262. The van der Waals surface area contributed by atoms with Crippen LogP contribution >= 0.6 is 0 Å². The van der Waals surface area contributed by atoms with Crippen LogP contribution in [0.2, 0.25) is 0 Å². The van der Waals surface area contributed by atoms with E-state index in [0.29, 0.717) is 5.69 Å². The quantitative estimate of drug-likeness (QED) is 0.737. The third-order valence-corrected chi connectivity index (χ3v) is 2.10. The summed E-state index contributed by atoms with van der Waals surface area (Å²) in [6.45, 7) is 0. The van der Waals surface area contributed by atoms with E-state index in [0.717, 1.165) is 0 Å². The van der Waals surface area contributed by atoms with Crippen LogP contribution in [0.3, 0.4) is 0 Å². The van der Waals surface area contributed by atoms with Crippen molar-refractivity contribution >= 4 is 17.4 Å². The number of H-pyrrole nitrogens is 1. The SMILES string of the molecule is O=C(Nc1ccccc1)Nc1ccc[nH]c1=O. The molecule has 0 radical (unpaired) electrons. The average Bonchev–Trinajstić information content (AvgIpc) is 2.33. The number of carbonyl (C=O) groups is 1. The van der Waals surface area contributed by atoms with Crippen molar-refractivity contribution in [3.63, 3.8) is 0 Å². The Balaban J connectivity index is 2.04. The van der Waals surface area contributed by atoms with E-state index in [1.54, 1.807) is 18.2 Å². The van der Waals surface area contributed by atoms with E-state index in [4.69, 9.17) is 0 Å². The first-order chi connectivity index (χ1) is 8.25. The zero-order valence-corrected chi connectivity index (χ0v) is 8.94. The smallest absolute Gasteiger partial charge is 0.323 e. The molecule has 1 aromatic carbocycles. The number of carbonyl (C=O) groups excluding carboxylic acids is 1. The predicted octanol–water partition coefficient (Wildman–Crippen LogP) is 2.02. The molecule has 2 rings (SSSR count). The van der Waals surface area contributed by atoms with Crippen molar-refractivity contribution in [1.29, 1.82) is 0 Å². The number of benzene rings is 1. The van der Waals surface area contributed by atoms with Crippen molar-refractivity contribution in [2.45, 2.75) is 0 Å². The normalized spacial score (nSPS) is 9.65. The summed E-state index contributed by atoms with van der Waals surface area (Å²) in [6.07, 6.45) is 1.50. The van der Waals surface area contributed by atoms with E-state index in [1.807, 2.05) is 18.2 Å². The van der Waals surface area contributed by atoms with Gasteiger partial charge in [0.2, 0.25) is 0 Å². The Morgan fingerprint density at radius 2 is 1.76 bits per heavy atom. The minimum atomic E-state index is -0.451. The van der Waals surface area contributed by atoms with Crippen molar-refractivity contribution in [1.82, 2.24) is 4.98 Å². The molecule has 0 spiro atoms. The lowest BCUT2D eigenvalue weighted by Gasteiger charge is -2.06. The summed E-state index contributed by atoms with van der Waals surface area (Å²) in [4.78, 5) is 25.3. The van der Waals surface area contributed by atoms with Gasteiger partial charge in [0.25, 0.3) is 5.56 Å². The topological polar surface area (TPSA) is 74.0 Å². The van der Waals surface area contributed by atoms with E-state index in [-0.39, 0.29) is 11.2 Å². The number of anilines is 2. The summed E-state index contributed by atoms with van der Waals surface area (Å²) < 4.78 is 0. The van der Waals surface area contributed by atoms with Crippen molar-refractivity contribution < 1.29 is 4.79 Å². The minimum Gasteiger partial charge on any atom is -0.327 e. The zero-order chi connectivity index (χ0) is 12.1. The van der Waals surface area contributed by atoms with Gasteiger partial charge < -0.3 is 15.6 Å². The second-order valence-electron chi connectivity index (χ2n) is 3.36. The number of para-hydroxylation sites is 1. The van der Waals surface area contributed by atoms with E-state index >= 15 is 0 Å². The first-order valence-electron chi connectivity index (χ1n) is 5.06. The molecule has 17 heavy (non-hydrogen) atoms. The van der Waals surface area contributed by atoms with Gasteiger partial charge in [-0.15, -0.1) is 0 Å². The number of urea groups is 1. The summed E-state index contributed by atoms with van der Waals surface area (Å²) in [5.41, 5.74) is 0.536. The minimum absolute atomic E-state index is 0.209. The molecule has 5 nitrogen and oxygen atoms in total. The van der Waals surface area contributed by atoms with Crippen LogP contribution in [0.15, 0.2) is 53.5 Å². The summed E-state index contributed by atoms with van der Waals surface area (Å²) in [5, 5.41) is 5.08. The van der Waals surface area contributed by atoms with Crippen LogP contribution in [-0.2, 0) is 0 Å². The Labute approximate surface area is 97.5 Å². The molecule has 5 heteroatoms. The molecule has 0 aliphatic rings. The van der Waals surface area contributed by atoms with Gasteiger partial charge in [-0.05, 0) is 24.3 Å². The first-order valence-corrected chi connectivity index (χ1v) is 5.06. The van der Waals surface area contributed by atoms with Crippen LogP contribution in [0.4, 0.5) is 16.2 Å². The Kier molecular flexibility index (Phi) is 3.20. The molecule has 1 aromatic heterocycles. The highest BCUT2D eigenvalue weighted by atomic mass is 16.2. The van der Waals surface area contributed by atoms with E-state index in [9.17, 15) is 9.59 Å². The molecule has 0 unspecified atom stereocenters. The molecule has 0 fully saturated rings. The monoisotopic (exact) mass is 229 g/mol. The molecule has 0 bridgehead atoms. The standard InChI is InChI=1S/C12H11N3O2/c16-11-10(7-4-8-13-11)15-12(17)14-9-5-2-1-3-6-9/h1-8H,(H,13,16)(H2,14,15,17). The first kappa shape index (κ1) is 10.9. The third kappa shape index (κ3) is 2.94. The van der Waals surface area contributed by atoms with Crippen molar-refractivity contribution in [2.24, 2.45) is 0 Å². The highest BCUT2D eigenvalue weighted by Gasteiger charge is 2.04. The maximum atomic E-state index is 11.6. The number of aromatic nitrogens is 1. The number of pyridine rings is 1.